The minimum absolute atomic E-state index is 0.0532. The van der Waals surface area contributed by atoms with Crippen molar-refractivity contribution >= 4 is 33.4 Å². The van der Waals surface area contributed by atoms with Gasteiger partial charge in [0.2, 0.25) is 15.9 Å². The molecule has 6 nitrogen and oxygen atoms in total. The van der Waals surface area contributed by atoms with E-state index < -0.39 is 10.0 Å². The second-order valence-corrected chi connectivity index (χ2v) is 9.42. The monoisotopic (exact) mass is 370 g/mol. The summed E-state index contributed by atoms with van der Waals surface area (Å²) in [5.41, 5.74) is 0.672. The number of ether oxygens (including phenoxy) is 1. The van der Waals surface area contributed by atoms with Gasteiger partial charge in [0, 0.05) is 36.8 Å². The number of carbonyl (C=O) groups is 1. The second kappa shape index (κ2) is 7.03. The number of anilines is 1. The SMILES string of the molecule is CC(=O)N1C[C@@H](C)Sc2ccc(S(=O)(=O)NC[C@@H]3CCCO3)cc21. The highest BCUT2D eigenvalue weighted by Gasteiger charge is 2.27. The molecule has 3 rings (SSSR count). The van der Waals surface area contributed by atoms with Gasteiger partial charge in [0.15, 0.2) is 0 Å². The fourth-order valence-corrected chi connectivity index (χ4v) is 5.15. The van der Waals surface area contributed by atoms with Gasteiger partial charge in [-0.3, -0.25) is 4.79 Å². The van der Waals surface area contributed by atoms with Crippen molar-refractivity contribution in [3.8, 4) is 0 Å². The van der Waals surface area contributed by atoms with Crippen LogP contribution in [0.4, 0.5) is 5.69 Å². The summed E-state index contributed by atoms with van der Waals surface area (Å²) in [4.78, 5) is 14.7. The number of thioether (sulfide) groups is 1. The second-order valence-electron chi connectivity index (χ2n) is 6.17. The van der Waals surface area contributed by atoms with Crippen LogP contribution in [-0.2, 0) is 19.6 Å². The maximum atomic E-state index is 12.5. The highest BCUT2D eigenvalue weighted by Crippen LogP contribution is 2.39. The Morgan fingerprint density at radius 3 is 2.92 bits per heavy atom. The number of rotatable bonds is 4. The number of benzene rings is 1. The highest BCUT2D eigenvalue weighted by molar-refractivity contribution is 8.00. The Morgan fingerprint density at radius 2 is 2.25 bits per heavy atom. The van der Waals surface area contributed by atoms with Gasteiger partial charge in [0.1, 0.15) is 0 Å². The van der Waals surface area contributed by atoms with E-state index in [0.717, 1.165) is 17.7 Å². The molecule has 8 heteroatoms. The molecule has 0 unspecified atom stereocenters. The minimum atomic E-state index is -3.62. The quantitative estimate of drug-likeness (QED) is 0.877. The van der Waals surface area contributed by atoms with Gasteiger partial charge >= 0.3 is 0 Å². The Balaban J connectivity index is 1.83. The first-order valence-electron chi connectivity index (χ1n) is 8.07. The number of hydrogen-bond donors (Lipinski definition) is 1. The standard InChI is InChI=1S/C16H22N2O4S2/c1-11-10-18(12(2)19)15-8-14(5-6-16(15)23-11)24(20,21)17-9-13-4-3-7-22-13/h5-6,8,11,13,17H,3-4,7,9-10H2,1-2H3/t11-,13+/m1/s1. The number of hydrogen-bond acceptors (Lipinski definition) is 5. The van der Waals surface area contributed by atoms with Crippen LogP contribution in [0.15, 0.2) is 28.0 Å². The molecule has 1 N–H and O–H groups in total. The molecule has 2 aliphatic rings. The van der Waals surface area contributed by atoms with E-state index in [4.69, 9.17) is 4.74 Å². The molecule has 2 heterocycles. The third-order valence-corrected chi connectivity index (χ3v) is 6.78. The van der Waals surface area contributed by atoms with Crippen molar-refractivity contribution in [1.29, 1.82) is 0 Å². The van der Waals surface area contributed by atoms with E-state index in [1.807, 2.05) is 0 Å². The Hall–Kier alpha value is -1.09. The van der Waals surface area contributed by atoms with E-state index >= 15 is 0 Å². The lowest BCUT2D eigenvalue weighted by Crippen LogP contribution is -2.37. The molecule has 1 aromatic rings. The van der Waals surface area contributed by atoms with E-state index in [-0.39, 0.29) is 28.7 Å². The van der Waals surface area contributed by atoms with Crippen molar-refractivity contribution in [1.82, 2.24) is 4.72 Å². The van der Waals surface area contributed by atoms with Gasteiger partial charge in [-0.2, -0.15) is 0 Å². The molecule has 1 amide bonds. The molecule has 0 aromatic heterocycles. The van der Waals surface area contributed by atoms with Crippen molar-refractivity contribution in [3.05, 3.63) is 18.2 Å². The van der Waals surface area contributed by atoms with Crippen LogP contribution in [-0.4, -0.2) is 45.4 Å². The van der Waals surface area contributed by atoms with Crippen molar-refractivity contribution in [2.24, 2.45) is 0 Å². The van der Waals surface area contributed by atoms with E-state index in [0.29, 0.717) is 18.8 Å². The Labute approximate surface area is 147 Å². The summed E-state index contributed by atoms with van der Waals surface area (Å²) in [5, 5.41) is 0.279. The first-order chi connectivity index (χ1) is 11.4. The minimum Gasteiger partial charge on any atom is -0.377 e. The number of sulfonamides is 1. The smallest absolute Gasteiger partial charge is 0.240 e. The van der Waals surface area contributed by atoms with Gasteiger partial charge in [0.25, 0.3) is 0 Å². The summed E-state index contributed by atoms with van der Waals surface area (Å²) in [6, 6.07) is 4.97. The molecule has 0 radical (unpaired) electrons. The number of nitrogens with zero attached hydrogens (tertiary/aromatic N) is 1. The maximum Gasteiger partial charge on any atom is 0.240 e. The van der Waals surface area contributed by atoms with Gasteiger partial charge in [-0.05, 0) is 31.0 Å². The van der Waals surface area contributed by atoms with E-state index in [2.05, 4.69) is 11.6 Å². The van der Waals surface area contributed by atoms with Gasteiger partial charge in [-0.25, -0.2) is 13.1 Å². The average molecular weight is 370 g/mol. The van der Waals surface area contributed by atoms with Gasteiger partial charge in [-0.15, -0.1) is 11.8 Å². The summed E-state index contributed by atoms with van der Waals surface area (Å²) in [6.07, 6.45) is 1.79. The Morgan fingerprint density at radius 1 is 1.46 bits per heavy atom. The average Bonchev–Trinajstić information content (AvgIpc) is 3.05. The van der Waals surface area contributed by atoms with Gasteiger partial charge < -0.3 is 9.64 Å². The van der Waals surface area contributed by atoms with E-state index in [1.54, 1.807) is 34.9 Å². The molecule has 1 aromatic carbocycles. The fraction of sp³-hybridized carbons (Fsp3) is 0.562. The molecule has 2 atom stereocenters. The van der Waals surface area contributed by atoms with Crippen molar-refractivity contribution in [2.45, 2.75) is 47.8 Å². The molecule has 0 spiro atoms. The van der Waals surface area contributed by atoms with Crippen LogP contribution in [0.5, 0.6) is 0 Å². The number of amides is 1. The molecule has 0 aliphatic carbocycles. The zero-order chi connectivity index (χ0) is 17.3. The van der Waals surface area contributed by atoms with Crippen LogP contribution < -0.4 is 9.62 Å². The molecule has 1 fully saturated rings. The predicted octanol–water partition coefficient (Wildman–Crippen LogP) is 1.99. The largest absolute Gasteiger partial charge is 0.377 e. The fourth-order valence-electron chi connectivity index (χ4n) is 2.97. The van der Waals surface area contributed by atoms with Crippen molar-refractivity contribution in [3.63, 3.8) is 0 Å². The molecular formula is C16H22N2O4S2. The van der Waals surface area contributed by atoms with Gasteiger partial charge in [0.05, 0.1) is 16.7 Å². The first kappa shape index (κ1) is 17.7. The Bertz CT molecular complexity index is 730. The molecule has 2 aliphatic heterocycles. The number of carbonyl (C=O) groups excluding carboxylic acids is 1. The zero-order valence-electron chi connectivity index (χ0n) is 13.8. The summed E-state index contributed by atoms with van der Waals surface area (Å²) >= 11 is 1.66. The van der Waals surface area contributed by atoms with Crippen LogP contribution >= 0.6 is 11.8 Å². The van der Waals surface area contributed by atoms with Crippen LogP contribution in [0, 0.1) is 0 Å². The molecule has 1 saturated heterocycles. The Kier molecular flexibility index (Phi) is 5.19. The molecule has 0 saturated carbocycles. The zero-order valence-corrected chi connectivity index (χ0v) is 15.5. The summed E-state index contributed by atoms with van der Waals surface area (Å²) in [7, 11) is -3.62. The third kappa shape index (κ3) is 3.77. The summed E-state index contributed by atoms with van der Waals surface area (Å²) < 4.78 is 33.1. The number of nitrogens with one attached hydrogen (secondary N) is 1. The molecule has 132 valence electrons. The van der Waals surface area contributed by atoms with E-state index in [9.17, 15) is 13.2 Å². The lowest BCUT2D eigenvalue weighted by atomic mass is 10.2. The molecule has 0 bridgehead atoms. The molecular weight excluding hydrogens is 348 g/mol. The van der Waals surface area contributed by atoms with Crippen LogP contribution in [0.3, 0.4) is 0 Å². The summed E-state index contributed by atoms with van der Waals surface area (Å²) in [5.74, 6) is -0.0785. The topological polar surface area (TPSA) is 75.7 Å². The first-order valence-corrected chi connectivity index (χ1v) is 10.4. The normalized spacial score (nSPS) is 24.0. The maximum absolute atomic E-state index is 12.5. The molecule has 24 heavy (non-hydrogen) atoms. The van der Waals surface area contributed by atoms with Crippen LogP contribution in [0.2, 0.25) is 0 Å². The number of fused-ring (bicyclic) bond motifs is 1. The van der Waals surface area contributed by atoms with Crippen LogP contribution in [0.25, 0.3) is 0 Å². The van der Waals surface area contributed by atoms with Crippen LogP contribution in [0.1, 0.15) is 26.7 Å². The lowest BCUT2D eigenvalue weighted by Gasteiger charge is -2.32. The van der Waals surface area contributed by atoms with Crippen molar-refractivity contribution in [2.75, 3.05) is 24.6 Å². The van der Waals surface area contributed by atoms with Crippen molar-refractivity contribution < 1.29 is 17.9 Å². The lowest BCUT2D eigenvalue weighted by molar-refractivity contribution is -0.116. The van der Waals surface area contributed by atoms with E-state index in [1.165, 1.54) is 6.92 Å². The predicted molar refractivity (Wildman–Crippen MR) is 94.0 cm³/mol. The summed E-state index contributed by atoms with van der Waals surface area (Å²) in [6.45, 7) is 5.11. The van der Waals surface area contributed by atoms with Gasteiger partial charge in [-0.1, -0.05) is 6.92 Å². The third-order valence-electron chi connectivity index (χ3n) is 4.20. The highest BCUT2D eigenvalue weighted by atomic mass is 32.2.